The van der Waals surface area contributed by atoms with Crippen molar-refractivity contribution in [3.8, 4) is 0 Å². The van der Waals surface area contributed by atoms with Gasteiger partial charge in [0.25, 0.3) is 0 Å². The average molecular weight is 215 g/mol. The van der Waals surface area contributed by atoms with E-state index in [1.54, 1.807) is 0 Å². The lowest BCUT2D eigenvalue weighted by Crippen LogP contribution is -1.87. The van der Waals surface area contributed by atoms with Gasteiger partial charge in [0.15, 0.2) is 0 Å². The van der Waals surface area contributed by atoms with Crippen molar-refractivity contribution in [2.24, 2.45) is 0 Å². The molecule has 0 aliphatic carbocycles. The Hall–Kier alpha value is -0.340. The summed E-state index contributed by atoms with van der Waals surface area (Å²) in [6.45, 7) is 2.22. The number of aliphatic hydroxyl groups is 1. The SMILES string of the molecule is CCc1cc(CO)ccc1Br. The van der Waals surface area contributed by atoms with Gasteiger partial charge in [-0.1, -0.05) is 35.0 Å². The summed E-state index contributed by atoms with van der Waals surface area (Å²) in [6, 6.07) is 5.91. The van der Waals surface area contributed by atoms with Crippen LogP contribution in [0.2, 0.25) is 0 Å². The van der Waals surface area contributed by atoms with Crippen molar-refractivity contribution in [1.82, 2.24) is 0 Å². The van der Waals surface area contributed by atoms with Crippen molar-refractivity contribution in [2.45, 2.75) is 20.0 Å². The summed E-state index contributed by atoms with van der Waals surface area (Å²) in [5.74, 6) is 0. The van der Waals surface area contributed by atoms with E-state index in [2.05, 4.69) is 22.9 Å². The summed E-state index contributed by atoms with van der Waals surface area (Å²) in [7, 11) is 0. The fourth-order valence-electron chi connectivity index (χ4n) is 0.997. The highest BCUT2D eigenvalue weighted by molar-refractivity contribution is 9.10. The molecule has 0 heterocycles. The molecule has 0 aromatic heterocycles. The van der Waals surface area contributed by atoms with Crippen molar-refractivity contribution < 1.29 is 5.11 Å². The van der Waals surface area contributed by atoms with E-state index in [0.717, 1.165) is 16.5 Å². The van der Waals surface area contributed by atoms with E-state index in [0.29, 0.717) is 0 Å². The molecule has 0 amide bonds. The molecule has 1 aromatic carbocycles. The molecule has 0 spiro atoms. The molecule has 0 unspecified atom stereocenters. The Morgan fingerprint density at radius 3 is 2.73 bits per heavy atom. The van der Waals surface area contributed by atoms with Gasteiger partial charge in [-0.25, -0.2) is 0 Å². The average Bonchev–Trinajstić information content (AvgIpc) is 2.05. The van der Waals surface area contributed by atoms with Crippen LogP contribution in [0.3, 0.4) is 0 Å². The summed E-state index contributed by atoms with van der Waals surface area (Å²) < 4.78 is 1.12. The van der Waals surface area contributed by atoms with Crippen LogP contribution in [0.15, 0.2) is 22.7 Å². The fraction of sp³-hybridized carbons (Fsp3) is 0.333. The lowest BCUT2D eigenvalue weighted by Gasteiger charge is -2.02. The normalized spacial score (nSPS) is 10.1. The van der Waals surface area contributed by atoms with E-state index in [-0.39, 0.29) is 6.61 Å². The first-order valence-electron chi connectivity index (χ1n) is 3.66. The van der Waals surface area contributed by atoms with Crippen molar-refractivity contribution in [3.63, 3.8) is 0 Å². The molecule has 60 valence electrons. The minimum atomic E-state index is 0.125. The molecule has 1 rings (SSSR count). The van der Waals surface area contributed by atoms with Gasteiger partial charge >= 0.3 is 0 Å². The van der Waals surface area contributed by atoms with E-state index < -0.39 is 0 Å². The minimum absolute atomic E-state index is 0.125. The number of rotatable bonds is 2. The van der Waals surface area contributed by atoms with Gasteiger partial charge in [0.1, 0.15) is 0 Å². The van der Waals surface area contributed by atoms with E-state index >= 15 is 0 Å². The molecule has 0 aliphatic heterocycles. The summed E-state index contributed by atoms with van der Waals surface area (Å²) in [6.07, 6.45) is 0.994. The maximum Gasteiger partial charge on any atom is 0.0681 e. The van der Waals surface area contributed by atoms with Gasteiger partial charge in [0.05, 0.1) is 6.61 Å². The summed E-state index contributed by atoms with van der Waals surface area (Å²) in [4.78, 5) is 0. The largest absolute Gasteiger partial charge is 0.392 e. The van der Waals surface area contributed by atoms with Crippen molar-refractivity contribution in [2.75, 3.05) is 0 Å². The molecule has 1 aromatic rings. The Morgan fingerprint density at radius 2 is 2.18 bits per heavy atom. The van der Waals surface area contributed by atoms with Crippen LogP contribution in [-0.4, -0.2) is 5.11 Å². The van der Waals surface area contributed by atoms with Crippen LogP contribution in [0.4, 0.5) is 0 Å². The van der Waals surface area contributed by atoms with Crippen molar-refractivity contribution >= 4 is 15.9 Å². The predicted octanol–water partition coefficient (Wildman–Crippen LogP) is 2.50. The summed E-state index contributed by atoms with van der Waals surface area (Å²) in [5.41, 5.74) is 2.22. The molecular formula is C9H11BrO. The standard InChI is InChI=1S/C9H11BrO/c1-2-8-5-7(6-11)3-4-9(8)10/h3-5,11H,2,6H2,1H3. The molecule has 0 atom stereocenters. The zero-order valence-electron chi connectivity index (χ0n) is 6.47. The van der Waals surface area contributed by atoms with Crippen LogP contribution < -0.4 is 0 Å². The Morgan fingerprint density at radius 1 is 1.45 bits per heavy atom. The molecule has 0 saturated heterocycles. The quantitative estimate of drug-likeness (QED) is 0.803. The maximum atomic E-state index is 8.83. The second-order valence-corrected chi connectivity index (χ2v) is 3.29. The molecule has 1 nitrogen and oxygen atoms in total. The van der Waals surface area contributed by atoms with E-state index in [1.807, 2.05) is 18.2 Å². The molecule has 0 radical (unpaired) electrons. The van der Waals surface area contributed by atoms with Crippen LogP contribution in [0.5, 0.6) is 0 Å². The molecule has 2 heteroatoms. The topological polar surface area (TPSA) is 20.2 Å². The predicted molar refractivity (Wildman–Crippen MR) is 49.4 cm³/mol. The smallest absolute Gasteiger partial charge is 0.0681 e. The first-order chi connectivity index (χ1) is 5.27. The summed E-state index contributed by atoms with van der Waals surface area (Å²) in [5, 5.41) is 8.83. The number of aliphatic hydroxyl groups excluding tert-OH is 1. The monoisotopic (exact) mass is 214 g/mol. The lowest BCUT2D eigenvalue weighted by atomic mass is 10.1. The first-order valence-corrected chi connectivity index (χ1v) is 4.45. The van der Waals surface area contributed by atoms with Gasteiger partial charge in [-0.05, 0) is 23.6 Å². The Bertz CT molecular complexity index is 245. The van der Waals surface area contributed by atoms with Crippen LogP contribution >= 0.6 is 15.9 Å². The second kappa shape index (κ2) is 3.88. The highest BCUT2D eigenvalue weighted by atomic mass is 79.9. The number of hydrogen-bond donors (Lipinski definition) is 1. The second-order valence-electron chi connectivity index (χ2n) is 2.44. The molecule has 11 heavy (non-hydrogen) atoms. The Balaban J connectivity index is 3.02. The number of hydrogen-bond acceptors (Lipinski definition) is 1. The van der Waals surface area contributed by atoms with Crippen LogP contribution in [0, 0.1) is 0 Å². The van der Waals surface area contributed by atoms with Gasteiger partial charge in [-0.2, -0.15) is 0 Å². The number of halogens is 1. The molecule has 1 N–H and O–H groups in total. The third kappa shape index (κ3) is 2.04. The van der Waals surface area contributed by atoms with Gasteiger partial charge in [0.2, 0.25) is 0 Å². The zero-order chi connectivity index (χ0) is 8.27. The first kappa shape index (κ1) is 8.75. The minimum Gasteiger partial charge on any atom is -0.392 e. The van der Waals surface area contributed by atoms with Gasteiger partial charge < -0.3 is 5.11 Å². The third-order valence-corrected chi connectivity index (χ3v) is 2.45. The number of benzene rings is 1. The fourth-order valence-corrected chi connectivity index (χ4v) is 1.52. The van der Waals surface area contributed by atoms with E-state index in [1.165, 1.54) is 5.56 Å². The molecule has 0 saturated carbocycles. The van der Waals surface area contributed by atoms with E-state index in [4.69, 9.17) is 5.11 Å². The molecule has 0 aliphatic rings. The highest BCUT2D eigenvalue weighted by Gasteiger charge is 1.97. The zero-order valence-corrected chi connectivity index (χ0v) is 8.06. The van der Waals surface area contributed by atoms with E-state index in [9.17, 15) is 0 Å². The lowest BCUT2D eigenvalue weighted by molar-refractivity contribution is 0.281. The third-order valence-electron chi connectivity index (χ3n) is 1.67. The Kier molecular flexibility index (Phi) is 3.09. The van der Waals surface area contributed by atoms with Gasteiger partial charge in [-0.15, -0.1) is 0 Å². The highest BCUT2D eigenvalue weighted by Crippen LogP contribution is 2.18. The van der Waals surface area contributed by atoms with Crippen molar-refractivity contribution in [3.05, 3.63) is 33.8 Å². The Labute approximate surface area is 75.2 Å². The van der Waals surface area contributed by atoms with Crippen LogP contribution in [0.1, 0.15) is 18.1 Å². The molecular weight excluding hydrogens is 204 g/mol. The summed E-state index contributed by atoms with van der Waals surface area (Å²) >= 11 is 3.44. The molecule has 0 bridgehead atoms. The molecule has 0 fully saturated rings. The van der Waals surface area contributed by atoms with Gasteiger partial charge in [-0.3, -0.25) is 0 Å². The maximum absolute atomic E-state index is 8.83. The van der Waals surface area contributed by atoms with Gasteiger partial charge in [0, 0.05) is 4.47 Å². The van der Waals surface area contributed by atoms with Crippen LogP contribution in [0.25, 0.3) is 0 Å². The van der Waals surface area contributed by atoms with Crippen molar-refractivity contribution in [1.29, 1.82) is 0 Å². The van der Waals surface area contributed by atoms with Crippen LogP contribution in [-0.2, 0) is 13.0 Å². The number of aryl methyl sites for hydroxylation is 1.